The van der Waals surface area contributed by atoms with E-state index in [9.17, 15) is 5.26 Å². The number of methoxy groups -OCH3 is 2. The first-order valence-electron chi connectivity index (χ1n) is 6.74. The molecule has 0 saturated carbocycles. The topological polar surface area (TPSA) is 62.5 Å². The van der Waals surface area contributed by atoms with E-state index in [0.717, 1.165) is 38.5 Å². The first-order chi connectivity index (χ1) is 8.74. The standard InChI is InChI=1S/C14H27NO3/c1-17-12-14(11-15,13-18-2)9-7-5-3-4-6-8-10-16/h16H,3-10,12-13H2,1-2H3. The van der Waals surface area contributed by atoms with Crippen molar-refractivity contribution in [2.45, 2.75) is 44.9 Å². The summed E-state index contributed by atoms with van der Waals surface area (Å²) in [4.78, 5) is 0. The van der Waals surface area contributed by atoms with Crippen LogP contribution in [0.3, 0.4) is 0 Å². The third-order valence-corrected chi connectivity index (χ3v) is 3.14. The molecule has 0 fully saturated rings. The summed E-state index contributed by atoms with van der Waals surface area (Å²) < 4.78 is 10.3. The molecule has 0 aliphatic carbocycles. The van der Waals surface area contributed by atoms with Crippen LogP contribution in [0.4, 0.5) is 0 Å². The predicted molar refractivity (Wildman–Crippen MR) is 71.2 cm³/mol. The zero-order valence-electron chi connectivity index (χ0n) is 11.8. The Morgan fingerprint density at radius 3 is 1.89 bits per heavy atom. The molecule has 0 aromatic rings. The van der Waals surface area contributed by atoms with Crippen molar-refractivity contribution in [3.05, 3.63) is 0 Å². The second kappa shape index (κ2) is 11.5. The number of ether oxygens (including phenoxy) is 2. The molecule has 0 aliphatic rings. The van der Waals surface area contributed by atoms with E-state index in [-0.39, 0.29) is 0 Å². The zero-order chi connectivity index (χ0) is 13.7. The normalized spacial score (nSPS) is 11.4. The lowest BCUT2D eigenvalue weighted by molar-refractivity contribution is 0.0386. The van der Waals surface area contributed by atoms with Crippen LogP contribution in [0.25, 0.3) is 0 Å². The number of nitriles is 1. The van der Waals surface area contributed by atoms with Crippen molar-refractivity contribution in [2.75, 3.05) is 34.0 Å². The van der Waals surface area contributed by atoms with E-state index in [0.29, 0.717) is 19.8 Å². The second-order valence-corrected chi connectivity index (χ2v) is 4.85. The van der Waals surface area contributed by atoms with Gasteiger partial charge in [0.05, 0.1) is 19.3 Å². The first kappa shape index (κ1) is 17.4. The Kier molecular flexibility index (Phi) is 11.1. The molecule has 0 aliphatic heterocycles. The van der Waals surface area contributed by atoms with Gasteiger partial charge in [0.1, 0.15) is 5.41 Å². The summed E-state index contributed by atoms with van der Waals surface area (Å²) in [6, 6.07) is 2.35. The average molecular weight is 257 g/mol. The molecule has 0 bridgehead atoms. The molecular weight excluding hydrogens is 230 g/mol. The van der Waals surface area contributed by atoms with Gasteiger partial charge in [-0.25, -0.2) is 0 Å². The highest BCUT2D eigenvalue weighted by Crippen LogP contribution is 2.25. The van der Waals surface area contributed by atoms with Crippen molar-refractivity contribution in [2.24, 2.45) is 5.41 Å². The summed E-state index contributed by atoms with van der Waals surface area (Å²) in [6.07, 6.45) is 7.30. The van der Waals surface area contributed by atoms with E-state index in [1.165, 1.54) is 6.42 Å². The van der Waals surface area contributed by atoms with Crippen molar-refractivity contribution in [1.82, 2.24) is 0 Å². The maximum atomic E-state index is 9.27. The van der Waals surface area contributed by atoms with E-state index in [2.05, 4.69) is 6.07 Å². The number of aliphatic hydroxyl groups excluding tert-OH is 1. The van der Waals surface area contributed by atoms with Crippen LogP contribution in [0.15, 0.2) is 0 Å². The monoisotopic (exact) mass is 257 g/mol. The molecule has 106 valence electrons. The fourth-order valence-corrected chi connectivity index (χ4v) is 2.14. The van der Waals surface area contributed by atoms with Gasteiger partial charge in [0.25, 0.3) is 0 Å². The third-order valence-electron chi connectivity index (χ3n) is 3.14. The number of hydrogen-bond donors (Lipinski definition) is 1. The molecule has 4 heteroatoms. The van der Waals surface area contributed by atoms with Crippen LogP contribution in [0, 0.1) is 16.7 Å². The predicted octanol–water partition coefficient (Wildman–Crippen LogP) is 2.51. The van der Waals surface area contributed by atoms with Crippen molar-refractivity contribution >= 4 is 0 Å². The third kappa shape index (κ3) is 7.65. The minimum Gasteiger partial charge on any atom is -0.396 e. The van der Waals surface area contributed by atoms with Gasteiger partial charge in [-0.3, -0.25) is 0 Å². The lowest BCUT2D eigenvalue weighted by Crippen LogP contribution is -2.30. The van der Waals surface area contributed by atoms with Crippen molar-refractivity contribution in [3.63, 3.8) is 0 Å². The molecule has 0 aromatic carbocycles. The number of rotatable bonds is 12. The molecule has 4 nitrogen and oxygen atoms in total. The number of hydrogen-bond acceptors (Lipinski definition) is 4. The highest BCUT2D eigenvalue weighted by atomic mass is 16.5. The number of aliphatic hydroxyl groups is 1. The molecule has 0 saturated heterocycles. The molecule has 0 aromatic heterocycles. The summed E-state index contributed by atoms with van der Waals surface area (Å²) in [5, 5.41) is 17.9. The van der Waals surface area contributed by atoms with Crippen molar-refractivity contribution < 1.29 is 14.6 Å². The van der Waals surface area contributed by atoms with Gasteiger partial charge in [-0.2, -0.15) is 5.26 Å². The molecule has 0 heterocycles. The van der Waals surface area contributed by atoms with Gasteiger partial charge < -0.3 is 14.6 Å². The minimum atomic E-state index is -0.491. The van der Waals surface area contributed by atoms with Crippen LogP contribution in [0.5, 0.6) is 0 Å². The summed E-state index contributed by atoms with van der Waals surface area (Å²) in [6.45, 7) is 1.16. The first-order valence-corrected chi connectivity index (χ1v) is 6.74. The van der Waals surface area contributed by atoms with E-state index >= 15 is 0 Å². The van der Waals surface area contributed by atoms with Gasteiger partial charge in [-0.05, 0) is 12.8 Å². The van der Waals surface area contributed by atoms with Crippen LogP contribution < -0.4 is 0 Å². The van der Waals surface area contributed by atoms with E-state index in [4.69, 9.17) is 14.6 Å². The van der Waals surface area contributed by atoms with Gasteiger partial charge in [-0.1, -0.05) is 32.1 Å². The Hall–Kier alpha value is -0.630. The van der Waals surface area contributed by atoms with Crippen molar-refractivity contribution in [1.29, 1.82) is 5.26 Å². The van der Waals surface area contributed by atoms with Crippen LogP contribution in [0.2, 0.25) is 0 Å². The maximum absolute atomic E-state index is 9.27. The summed E-state index contributed by atoms with van der Waals surface area (Å²) in [5.74, 6) is 0. The summed E-state index contributed by atoms with van der Waals surface area (Å²) in [7, 11) is 3.24. The van der Waals surface area contributed by atoms with Crippen LogP contribution >= 0.6 is 0 Å². The Morgan fingerprint density at radius 2 is 1.44 bits per heavy atom. The van der Waals surface area contributed by atoms with Crippen LogP contribution in [-0.2, 0) is 9.47 Å². The highest BCUT2D eigenvalue weighted by molar-refractivity contribution is 4.99. The van der Waals surface area contributed by atoms with Crippen molar-refractivity contribution in [3.8, 4) is 6.07 Å². The quantitative estimate of drug-likeness (QED) is 0.546. The molecule has 0 unspecified atom stereocenters. The van der Waals surface area contributed by atoms with Crippen LogP contribution in [-0.4, -0.2) is 39.1 Å². The van der Waals surface area contributed by atoms with Gasteiger partial charge in [0, 0.05) is 20.8 Å². The average Bonchev–Trinajstić information content (AvgIpc) is 2.38. The molecule has 0 atom stereocenters. The molecule has 0 spiro atoms. The van der Waals surface area contributed by atoms with E-state index in [1.54, 1.807) is 14.2 Å². The van der Waals surface area contributed by atoms with Crippen LogP contribution in [0.1, 0.15) is 44.9 Å². The van der Waals surface area contributed by atoms with Gasteiger partial charge >= 0.3 is 0 Å². The smallest absolute Gasteiger partial charge is 0.104 e. The molecule has 0 radical (unpaired) electrons. The van der Waals surface area contributed by atoms with Gasteiger partial charge in [0.2, 0.25) is 0 Å². The summed E-state index contributed by atoms with van der Waals surface area (Å²) in [5.41, 5.74) is -0.491. The van der Waals surface area contributed by atoms with E-state index in [1.807, 2.05) is 0 Å². The Bertz CT molecular complexity index is 220. The van der Waals surface area contributed by atoms with E-state index < -0.39 is 5.41 Å². The Labute approximate surface area is 111 Å². The second-order valence-electron chi connectivity index (χ2n) is 4.85. The van der Waals surface area contributed by atoms with Gasteiger partial charge in [0.15, 0.2) is 0 Å². The minimum absolute atomic E-state index is 0.291. The summed E-state index contributed by atoms with van der Waals surface area (Å²) >= 11 is 0. The fourth-order valence-electron chi connectivity index (χ4n) is 2.14. The SMILES string of the molecule is COCC(C#N)(CCCCCCCCO)COC. The Morgan fingerprint density at radius 1 is 0.944 bits per heavy atom. The molecule has 18 heavy (non-hydrogen) atoms. The Balaban J connectivity index is 3.79. The van der Waals surface area contributed by atoms with Gasteiger partial charge in [-0.15, -0.1) is 0 Å². The lowest BCUT2D eigenvalue weighted by Gasteiger charge is -2.24. The number of unbranched alkanes of at least 4 members (excludes halogenated alkanes) is 5. The highest BCUT2D eigenvalue weighted by Gasteiger charge is 2.29. The molecule has 0 amide bonds. The molecule has 1 N–H and O–H groups in total. The number of nitrogens with zero attached hydrogens (tertiary/aromatic N) is 1. The molecule has 0 rings (SSSR count). The largest absolute Gasteiger partial charge is 0.396 e. The lowest BCUT2D eigenvalue weighted by atomic mass is 9.85. The zero-order valence-corrected chi connectivity index (χ0v) is 11.8. The fraction of sp³-hybridized carbons (Fsp3) is 0.929. The molecular formula is C14H27NO3. The maximum Gasteiger partial charge on any atom is 0.104 e.